The molecule has 1 N–H and O–H groups in total. The summed E-state index contributed by atoms with van der Waals surface area (Å²) >= 11 is 3.43. The summed E-state index contributed by atoms with van der Waals surface area (Å²) in [6.07, 6.45) is 6.12. The Morgan fingerprint density at radius 1 is 1.37 bits per heavy atom. The van der Waals surface area contributed by atoms with Crippen molar-refractivity contribution in [2.45, 2.75) is 38.1 Å². The molecular formula is C15H21BrN2O. The second-order valence-corrected chi connectivity index (χ2v) is 6.08. The lowest BCUT2D eigenvalue weighted by Gasteiger charge is -2.31. The van der Waals surface area contributed by atoms with Crippen molar-refractivity contribution in [2.75, 3.05) is 18.9 Å². The molecule has 0 spiro atoms. The van der Waals surface area contributed by atoms with Crippen molar-refractivity contribution in [2.24, 2.45) is 0 Å². The third-order valence-electron chi connectivity index (χ3n) is 3.78. The normalized spacial score (nSPS) is 16.1. The van der Waals surface area contributed by atoms with Gasteiger partial charge < -0.3 is 10.2 Å². The smallest absolute Gasteiger partial charge is 0.241 e. The molecule has 1 amide bonds. The van der Waals surface area contributed by atoms with Crippen molar-refractivity contribution < 1.29 is 4.79 Å². The van der Waals surface area contributed by atoms with Crippen LogP contribution in [0.2, 0.25) is 0 Å². The van der Waals surface area contributed by atoms with E-state index >= 15 is 0 Å². The summed E-state index contributed by atoms with van der Waals surface area (Å²) in [6, 6.07) is 8.32. The average Bonchev–Trinajstić information content (AvgIpc) is 2.45. The molecule has 1 aromatic rings. The highest BCUT2D eigenvalue weighted by atomic mass is 79.9. The van der Waals surface area contributed by atoms with Gasteiger partial charge in [-0.1, -0.05) is 41.3 Å². The fraction of sp³-hybridized carbons (Fsp3) is 0.533. The molecule has 0 aromatic heterocycles. The number of hydrogen-bond donors (Lipinski definition) is 1. The number of carbonyl (C=O) groups excluding carboxylic acids is 1. The lowest BCUT2D eigenvalue weighted by Crippen LogP contribution is -2.41. The number of anilines is 1. The molecule has 104 valence electrons. The summed E-state index contributed by atoms with van der Waals surface area (Å²) in [5.41, 5.74) is 0.972. The van der Waals surface area contributed by atoms with Crippen molar-refractivity contribution in [3.63, 3.8) is 0 Å². The SMILES string of the molecule is CN(C(=O)CNc1cccc(Br)c1)C1CCCCC1. The molecule has 1 fully saturated rings. The lowest BCUT2D eigenvalue weighted by molar-refractivity contribution is -0.130. The van der Waals surface area contributed by atoms with E-state index < -0.39 is 0 Å². The van der Waals surface area contributed by atoms with Gasteiger partial charge in [-0.15, -0.1) is 0 Å². The quantitative estimate of drug-likeness (QED) is 0.916. The van der Waals surface area contributed by atoms with Crippen molar-refractivity contribution in [3.8, 4) is 0 Å². The molecule has 0 radical (unpaired) electrons. The number of rotatable bonds is 4. The van der Waals surface area contributed by atoms with Gasteiger partial charge in [0.1, 0.15) is 0 Å². The molecule has 1 aliphatic carbocycles. The van der Waals surface area contributed by atoms with Crippen molar-refractivity contribution in [1.29, 1.82) is 0 Å². The number of benzene rings is 1. The predicted octanol–water partition coefficient (Wildman–Crippen LogP) is 3.65. The van der Waals surface area contributed by atoms with E-state index in [9.17, 15) is 4.79 Å². The van der Waals surface area contributed by atoms with Crippen LogP contribution in [0.15, 0.2) is 28.7 Å². The third-order valence-corrected chi connectivity index (χ3v) is 4.28. The van der Waals surface area contributed by atoms with Gasteiger partial charge in [-0.05, 0) is 31.0 Å². The third kappa shape index (κ3) is 4.23. The highest BCUT2D eigenvalue weighted by Crippen LogP contribution is 2.21. The minimum Gasteiger partial charge on any atom is -0.376 e. The Balaban J connectivity index is 1.83. The van der Waals surface area contributed by atoms with Gasteiger partial charge in [0.2, 0.25) is 5.91 Å². The van der Waals surface area contributed by atoms with E-state index in [2.05, 4.69) is 21.2 Å². The summed E-state index contributed by atoms with van der Waals surface area (Å²) in [5, 5.41) is 3.18. The number of nitrogens with one attached hydrogen (secondary N) is 1. The van der Waals surface area contributed by atoms with Crippen LogP contribution < -0.4 is 5.32 Å². The van der Waals surface area contributed by atoms with E-state index in [1.807, 2.05) is 36.2 Å². The van der Waals surface area contributed by atoms with Gasteiger partial charge in [-0.2, -0.15) is 0 Å². The fourth-order valence-corrected chi connectivity index (χ4v) is 2.97. The molecule has 1 aliphatic rings. The molecule has 0 unspecified atom stereocenters. The number of halogens is 1. The van der Waals surface area contributed by atoms with Gasteiger partial charge in [0.05, 0.1) is 6.54 Å². The molecule has 0 saturated heterocycles. The van der Waals surface area contributed by atoms with Crippen LogP contribution in [0.3, 0.4) is 0 Å². The van der Waals surface area contributed by atoms with Crippen LogP contribution in [0, 0.1) is 0 Å². The minimum absolute atomic E-state index is 0.173. The molecular weight excluding hydrogens is 304 g/mol. The Morgan fingerprint density at radius 2 is 2.11 bits per heavy atom. The molecule has 0 bridgehead atoms. The Bertz CT molecular complexity index is 430. The van der Waals surface area contributed by atoms with Crippen molar-refractivity contribution >= 4 is 27.5 Å². The molecule has 1 aromatic carbocycles. The number of hydrogen-bond acceptors (Lipinski definition) is 2. The minimum atomic E-state index is 0.173. The number of nitrogens with zero attached hydrogens (tertiary/aromatic N) is 1. The van der Waals surface area contributed by atoms with Gasteiger partial charge >= 0.3 is 0 Å². The number of amides is 1. The maximum Gasteiger partial charge on any atom is 0.241 e. The first kappa shape index (κ1) is 14.4. The Hall–Kier alpha value is -1.03. The second-order valence-electron chi connectivity index (χ2n) is 5.16. The van der Waals surface area contributed by atoms with E-state index in [1.54, 1.807) is 0 Å². The van der Waals surface area contributed by atoms with Crippen LogP contribution in [-0.2, 0) is 4.79 Å². The first-order chi connectivity index (χ1) is 9.16. The summed E-state index contributed by atoms with van der Waals surface area (Å²) in [7, 11) is 1.93. The average molecular weight is 325 g/mol. The van der Waals surface area contributed by atoms with Crippen molar-refractivity contribution in [1.82, 2.24) is 4.90 Å². The molecule has 1 saturated carbocycles. The van der Waals surface area contributed by atoms with E-state index in [0.717, 1.165) is 23.0 Å². The Labute approximate surface area is 123 Å². The molecule has 0 heterocycles. The molecule has 19 heavy (non-hydrogen) atoms. The second kappa shape index (κ2) is 6.94. The van der Waals surface area contributed by atoms with Gasteiger partial charge in [-0.25, -0.2) is 0 Å². The van der Waals surface area contributed by atoms with Gasteiger partial charge in [0.15, 0.2) is 0 Å². The molecule has 0 aliphatic heterocycles. The van der Waals surface area contributed by atoms with E-state index in [4.69, 9.17) is 0 Å². The van der Waals surface area contributed by atoms with Crippen LogP contribution >= 0.6 is 15.9 Å². The summed E-state index contributed by atoms with van der Waals surface area (Å²) in [6.45, 7) is 0.365. The van der Waals surface area contributed by atoms with E-state index in [-0.39, 0.29) is 5.91 Å². The first-order valence-electron chi connectivity index (χ1n) is 6.92. The van der Waals surface area contributed by atoms with Crippen LogP contribution in [0.25, 0.3) is 0 Å². The number of carbonyl (C=O) groups is 1. The van der Waals surface area contributed by atoms with Gasteiger partial charge in [-0.3, -0.25) is 4.79 Å². The van der Waals surface area contributed by atoms with E-state index in [1.165, 1.54) is 19.3 Å². The maximum atomic E-state index is 12.2. The topological polar surface area (TPSA) is 32.3 Å². The molecule has 3 nitrogen and oxygen atoms in total. The zero-order valence-electron chi connectivity index (χ0n) is 11.4. The van der Waals surface area contributed by atoms with Crippen LogP contribution in [-0.4, -0.2) is 30.4 Å². The zero-order valence-corrected chi connectivity index (χ0v) is 12.9. The Morgan fingerprint density at radius 3 is 2.79 bits per heavy atom. The summed E-state index contributed by atoms with van der Waals surface area (Å²) in [4.78, 5) is 14.1. The highest BCUT2D eigenvalue weighted by molar-refractivity contribution is 9.10. The largest absolute Gasteiger partial charge is 0.376 e. The molecule has 4 heteroatoms. The maximum absolute atomic E-state index is 12.2. The monoisotopic (exact) mass is 324 g/mol. The standard InChI is InChI=1S/C15H21BrN2O/c1-18(14-8-3-2-4-9-14)15(19)11-17-13-7-5-6-12(16)10-13/h5-7,10,14,17H,2-4,8-9,11H2,1H3. The lowest BCUT2D eigenvalue weighted by atomic mass is 9.94. The van der Waals surface area contributed by atoms with Crippen LogP contribution in [0.1, 0.15) is 32.1 Å². The highest BCUT2D eigenvalue weighted by Gasteiger charge is 2.21. The van der Waals surface area contributed by atoms with Crippen LogP contribution in [0.4, 0.5) is 5.69 Å². The zero-order chi connectivity index (χ0) is 13.7. The predicted molar refractivity (Wildman–Crippen MR) is 82.3 cm³/mol. The van der Waals surface area contributed by atoms with Crippen LogP contribution in [0.5, 0.6) is 0 Å². The summed E-state index contributed by atoms with van der Waals surface area (Å²) in [5.74, 6) is 0.173. The fourth-order valence-electron chi connectivity index (χ4n) is 2.57. The molecule has 0 atom stereocenters. The van der Waals surface area contributed by atoms with Gasteiger partial charge in [0, 0.05) is 23.2 Å². The van der Waals surface area contributed by atoms with E-state index in [0.29, 0.717) is 12.6 Å². The Kier molecular flexibility index (Phi) is 5.25. The molecule has 2 rings (SSSR count). The van der Waals surface area contributed by atoms with Gasteiger partial charge in [0.25, 0.3) is 0 Å². The summed E-state index contributed by atoms with van der Waals surface area (Å²) < 4.78 is 1.02. The number of likely N-dealkylation sites (N-methyl/N-ethyl adjacent to an activating group) is 1. The first-order valence-corrected chi connectivity index (χ1v) is 7.71. The van der Waals surface area contributed by atoms with Crippen molar-refractivity contribution in [3.05, 3.63) is 28.7 Å².